The fourth-order valence-electron chi connectivity index (χ4n) is 2.36. The fraction of sp³-hybridized carbons (Fsp3) is 0.556. The molecule has 0 saturated carbocycles. The van der Waals surface area contributed by atoms with Crippen LogP contribution in [0.3, 0.4) is 0 Å². The summed E-state index contributed by atoms with van der Waals surface area (Å²) in [6.45, 7) is 12.3. The van der Waals surface area contributed by atoms with Gasteiger partial charge in [-0.2, -0.15) is 0 Å². The van der Waals surface area contributed by atoms with Crippen molar-refractivity contribution >= 4 is 17.9 Å². The van der Waals surface area contributed by atoms with Crippen LogP contribution in [0.5, 0.6) is 0 Å². The number of ether oxygens (including phenoxy) is 1. The molecular weight excluding hydrogens is 292 g/mol. The number of aromatic nitrogens is 1. The molecule has 0 unspecified atom stereocenters. The lowest BCUT2D eigenvalue weighted by Gasteiger charge is -2.19. The van der Waals surface area contributed by atoms with Crippen LogP contribution in [0, 0.1) is 25.7 Å². The molecule has 2 heterocycles. The molecule has 1 aromatic rings. The van der Waals surface area contributed by atoms with Gasteiger partial charge in [-0.05, 0) is 51.8 Å². The Hall–Kier alpha value is -2.04. The van der Waals surface area contributed by atoms with E-state index < -0.39 is 29.3 Å². The van der Waals surface area contributed by atoms with Gasteiger partial charge in [0, 0.05) is 24.6 Å². The topological polar surface area (TPSA) is 71.2 Å². The SMILES string of the molecule is [2H]/C(=C1/NC(=O)[C@]([2H])(C)[C@H]1C)c1[nH]c(C(=O)OC(C)(C)C)c(C)c1C. The Kier molecular flexibility index (Phi) is 3.71. The van der Waals surface area contributed by atoms with E-state index in [0.29, 0.717) is 22.6 Å². The lowest BCUT2D eigenvalue weighted by Crippen LogP contribution is -2.24. The van der Waals surface area contributed by atoms with E-state index in [2.05, 4.69) is 10.3 Å². The molecule has 0 spiro atoms. The Morgan fingerprint density at radius 3 is 2.39 bits per heavy atom. The first-order chi connectivity index (χ1) is 11.3. The largest absolute Gasteiger partial charge is 0.455 e. The molecule has 0 radical (unpaired) electrons. The number of carbonyl (C=O) groups is 2. The number of nitrogens with one attached hydrogen (secondary N) is 2. The molecule has 1 fully saturated rings. The van der Waals surface area contributed by atoms with Crippen LogP contribution in [0.2, 0.25) is 0 Å². The lowest BCUT2D eigenvalue weighted by molar-refractivity contribution is -0.122. The van der Waals surface area contributed by atoms with E-state index in [-0.39, 0.29) is 6.05 Å². The second-order valence-corrected chi connectivity index (χ2v) is 7.02. The van der Waals surface area contributed by atoms with E-state index >= 15 is 0 Å². The number of allylic oxidation sites excluding steroid dienone is 1. The molecule has 0 aromatic carbocycles. The Balaban J connectivity index is 2.48. The third kappa shape index (κ3) is 3.49. The smallest absolute Gasteiger partial charge is 0.355 e. The molecule has 2 atom stereocenters. The summed E-state index contributed by atoms with van der Waals surface area (Å²) in [7, 11) is 0. The highest BCUT2D eigenvalue weighted by Gasteiger charge is 2.32. The number of aromatic amines is 1. The van der Waals surface area contributed by atoms with Gasteiger partial charge < -0.3 is 15.0 Å². The monoisotopic (exact) mass is 320 g/mol. The van der Waals surface area contributed by atoms with Gasteiger partial charge in [-0.1, -0.05) is 13.8 Å². The Morgan fingerprint density at radius 2 is 1.91 bits per heavy atom. The molecule has 5 nitrogen and oxygen atoms in total. The quantitative estimate of drug-likeness (QED) is 0.821. The van der Waals surface area contributed by atoms with Crippen LogP contribution in [0.4, 0.5) is 0 Å². The number of hydrogen-bond acceptors (Lipinski definition) is 3. The third-order valence-electron chi connectivity index (χ3n) is 4.11. The van der Waals surface area contributed by atoms with Crippen LogP contribution < -0.4 is 5.32 Å². The van der Waals surface area contributed by atoms with Crippen molar-refractivity contribution in [2.45, 2.75) is 54.1 Å². The Bertz CT molecular complexity index is 770. The van der Waals surface area contributed by atoms with Crippen LogP contribution in [-0.4, -0.2) is 22.5 Å². The minimum atomic E-state index is -1.31. The van der Waals surface area contributed by atoms with Gasteiger partial charge >= 0.3 is 5.97 Å². The van der Waals surface area contributed by atoms with Crippen molar-refractivity contribution in [1.82, 2.24) is 10.3 Å². The molecular formula is C18H26N2O3. The lowest BCUT2D eigenvalue weighted by atomic mass is 9.96. The van der Waals surface area contributed by atoms with E-state index in [1.165, 1.54) is 6.92 Å². The normalized spacial score (nSPS) is 28.1. The number of carbonyl (C=O) groups excluding carboxylic acids is 2. The summed E-state index contributed by atoms with van der Waals surface area (Å²) in [6, 6.07) is 0.0900. The molecule has 0 bridgehead atoms. The highest BCUT2D eigenvalue weighted by atomic mass is 16.6. The standard InChI is InChI=1S/C18H26N2O3/c1-9-11(3)15(17(22)23-18(5,6)7)19-13(9)8-14-10(2)12(4)16(21)20-14/h8,10,12,19H,1-7H3,(H,20,21)/b14-8-/t10-,12-/m1/s1/i8D,12D. The summed E-state index contributed by atoms with van der Waals surface area (Å²) in [4.78, 5) is 27.3. The van der Waals surface area contributed by atoms with Crippen LogP contribution in [0.15, 0.2) is 5.70 Å². The summed E-state index contributed by atoms with van der Waals surface area (Å²) in [5.41, 5.74) is 1.99. The fourth-order valence-corrected chi connectivity index (χ4v) is 2.36. The van der Waals surface area contributed by atoms with Gasteiger partial charge in [0.1, 0.15) is 11.3 Å². The van der Waals surface area contributed by atoms with Crippen LogP contribution >= 0.6 is 0 Å². The van der Waals surface area contributed by atoms with Gasteiger partial charge in [0.25, 0.3) is 0 Å². The van der Waals surface area contributed by atoms with Gasteiger partial charge in [0.05, 0.1) is 1.37 Å². The van der Waals surface area contributed by atoms with Gasteiger partial charge in [-0.15, -0.1) is 0 Å². The van der Waals surface area contributed by atoms with Crippen molar-refractivity contribution in [3.8, 4) is 0 Å². The summed E-state index contributed by atoms with van der Waals surface area (Å²) in [6.07, 6.45) is 0. The number of amides is 1. The van der Waals surface area contributed by atoms with E-state index in [0.717, 1.165) is 5.56 Å². The summed E-state index contributed by atoms with van der Waals surface area (Å²) in [5.74, 6) is -2.66. The Labute approximate surface area is 140 Å². The van der Waals surface area contributed by atoms with Crippen molar-refractivity contribution in [3.05, 3.63) is 28.2 Å². The number of hydrogen-bond donors (Lipinski definition) is 2. The van der Waals surface area contributed by atoms with Gasteiger partial charge in [0.15, 0.2) is 0 Å². The molecule has 2 rings (SSSR count). The highest BCUT2D eigenvalue weighted by molar-refractivity contribution is 5.91. The molecule has 0 aliphatic carbocycles. The molecule has 1 aliphatic heterocycles. The van der Waals surface area contributed by atoms with Gasteiger partial charge in [0.2, 0.25) is 5.91 Å². The van der Waals surface area contributed by atoms with E-state index in [1.54, 1.807) is 34.6 Å². The molecule has 5 heteroatoms. The zero-order valence-electron chi connectivity index (χ0n) is 16.8. The number of esters is 1. The van der Waals surface area contributed by atoms with E-state index in [9.17, 15) is 9.59 Å². The molecule has 1 aliphatic rings. The summed E-state index contributed by atoms with van der Waals surface area (Å²) in [5, 5.41) is 2.65. The average molecular weight is 320 g/mol. The predicted molar refractivity (Wildman–Crippen MR) is 89.9 cm³/mol. The average Bonchev–Trinajstić information content (AvgIpc) is 2.87. The molecule has 126 valence electrons. The highest BCUT2D eigenvalue weighted by Crippen LogP contribution is 2.29. The van der Waals surface area contributed by atoms with Crippen molar-refractivity contribution in [3.63, 3.8) is 0 Å². The molecule has 2 N–H and O–H groups in total. The third-order valence-corrected chi connectivity index (χ3v) is 4.11. The number of rotatable bonds is 2. The maximum Gasteiger partial charge on any atom is 0.355 e. The zero-order chi connectivity index (χ0) is 19.3. The van der Waals surface area contributed by atoms with E-state index in [4.69, 9.17) is 7.48 Å². The first-order valence-electron chi connectivity index (χ1n) is 8.72. The molecule has 1 aromatic heterocycles. The van der Waals surface area contributed by atoms with Gasteiger partial charge in [-0.25, -0.2) is 4.79 Å². The molecule has 1 amide bonds. The Morgan fingerprint density at radius 1 is 1.30 bits per heavy atom. The number of H-pyrrole nitrogens is 1. The first kappa shape index (κ1) is 14.5. The molecule has 23 heavy (non-hydrogen) atoms. The van der Waals surface area contributed by atoms with Crippen molar-refractivity contribution in [1.29, 1.82) is 0 Å². The van der Waals surface area contributed by atoms with Crippen molar-refractivity contribution in [2.24, 2.45) is 11.8 Å². The zero-order valence-corrected chi connectivity index (χ0v) is 14.8. The van der Waals surface area contributed by atoms with Crippen LogP contribution in [-0.2, 0) is 9.53 Å². The second-order valence-electron chi connectivity index (χ2n) is 7.02. The maximum atomic E-state index is 12.4. The predicted octanol–water partition coefficient (Wildman–Crippen LogP) is 3.33. The van der Waals surface area contributed by atoms with Crippen LogP contribution in [0.1, 0.15) is 64.7 Å². The summed E-state index contributed by atoms with van der Waals surface area (Å²) < 4.78 is 22.0. The van der Waals surface area contributed by atoms with E-state index in [1.807, 2.05) is 6.92 Å². The van der Waals surface area contributed by atoms with Crippen molar-refractivity contribution in [2.75, 3.05) is 0 Å². The minimum Gasteiger partial charge on any atom is -0.455 e. The second kappa shape index (κ2) is 5.87. The van der Waals surface area contributed by atoms with Crippen molar-refractivity contribution < 1.29 is 17.1 Å². The minimum absolute atomic E-state index is 0.0900. The van der Waals surface area contributed by atoms with Crippen LogP contribution in [0.25, 0.3) is 6.05 Å². The maximum absolute atomic E-state index is 12.4. The first-order valence-corrected chi connectivity index (χ1v) is 7.72. The van der Waals surface area contributed by atoms with Gasteiger partial charge in [-0.3, -0.25) is 4.79 Å². The molecule has 1 saturated heterocycles. The summed E-state index contributed by atoms with van der Waals surface area (Å²) >= 11 is 0.